The van der Waals surface area contributed by atoms with Crippen LogP contribution < -0.4 is 11.1 Å². The van der Waals surface area contributed by atoms with Gasteiger partial charge in [-0.1, -0.05) is 24.6 Å². The molecular weight excluding hydrogens is 334 g/mol. The zero-order valence-electron chi connectivity index (χ0n) is 14.6. The number of hydroxylamine groups is 2. The van der Waals surface area contributed by atoms with Crippen LogP contribution in [0.3, 0.4) is 0 Å². The van der Waals surface area contributed by atoms with Crippen molar-refractivity contribution < 1.29 is 19.5 Å². The predicted octanol–water partition coefficient (Wildman–Crippen LogP) is 1.06. The highest BCUT2D eigenvalue weighted by atomic mass is 16.7. The molecule has 4 rings (SSSR count). The maximum atomic E-state index is 12.0. The lowest BCUT2D eigenvalue weighted by atomic mass is 9.85. The van der Waals surface area contributed by atoms with Crippen LogP contribution >= 0.6 is 0 Å². The highest BCUT2D eigenvalue weighted by molar-refractivity contribution is 5.80. The molecule has 7 nitrogen and oxygen atoms in total. The minimum Gasteiger partial charge on any atom is -0.370 e. The lowest BCUT2D eigenvalue weighted by Gasteiger charge is -2.48. The molecule has 0 aliphatic carbocycles. The van der Waals surface area contributed by atoms with Gasteiger partial charge in [-0.25, -0.2) is 0 Å². The number of carbonyl (C=O) groups excluding carboxylic acids is 2. The van der Waals surface area contributed by atoms with Gasteiger partial charge in [0, 0.05) is 42.6 Å². The number of ketones is 1. The Labute approximate surface area is 152 Å². The van der Waals surface area contributed by atoms with Crippen molar-refractivity contribution in [3.63, 3.8) is 0 Å². The quantitative estimate of drug-likeness (QED) is 0.675. The Morgan fingerprint density at radius 2 is 2.04 bits per heavy atom. The van der Waals surface area contributed by atoms with E-state index in [1.54, 1.807) is 0 Å². The van der Waals surface area contributed by atoms with E-state index in [1.165, 1.54) is 0 Å². The van der Waals surface area contributed by atoms with Crippen molar-refractivity contribution in [3.8, 4) is 0 Å². The Morgan fingerprint density at radius 3 is 2.73 bits per heavy atom. The molecule has 5 atom stereocenters. The van der Waals surface area contributed by atoms with E-state index in [0.29, 0.717) is 19.1 Å². The van der Waals surface area contributed by atoms with Gasteiger partial charge in [0.05, 0.1) is 6.04 Å². The number of anilines is 1. The molecule has 0 unspecified atom stereocenters. The summed E-state index contributed by atoms with van der Waals surface area (Å²) < 4.78 is 0. The molecule has 140 valence electrons. The van der Waals surface area contributed by atoms with Crippen molar-refractivity contribution in [2.75, 3.05) is 5.32 Å². The van der Waals surface area contributed by atoms with Crippen molar-refractivity contribution in [1.82, 2.24) is 5.06 Å². The smallest absolute Gasteiger partial charge is 0.163 e. The van der Waals surface area contributed by atoms with Gasteiger partial charge in [-0.15, -0.1) is 0 Å². The van der Waals surface area contributed by atoms with Crippen LogP contribution in [0.4, 0.5) is 5.69 Å². The molecule has 1 aromatic rings. The summed E-state index contributed by atoms with van der Waals surface area (Å²) in [5.41, 5.74) is 6.36. The fraction of sp³-hybridized carbons (Fsp3) is 0.579. The largest absolute Gasteiger partial charge is 0.370 e. The summed E-state index contributed by atoms with van der Waals surface area (Å²) in [6.45, 7) is 0. The summed E-state index contributed by atoms with van der Waals surface area (Å²) in [7, 11) is 0. The Balaban J connectivity index is 1.71. The van der Waals surface area contributed by atoms with Crippen LogP contribution in [0.25, 0.3) is 0 Å². The number of fused-ring (bicyclic) bond motifs is 3. The zero-order chi connectivity index (χ0) is 18.3. The molecule has 2 fully saturated rings. The first-order valence-corrected chi connectivity index (χ1v) is 9.27. The van der Waals surface area contributed by atoms with E-state index < -0.39 is 17.9 Å². The van der Waals surface area contributed by atoms with Gasteiger partial charge >= 0.3 is 0 Å². The Hall–Kier alpha value is -1.80. The molecule has 7 heteroatoms. The molecule has 3 aliphatic heterocycles. The van der Waals surface area contributed by atoms with E-state index in [1.807, 2.05) is 29.3 Å². The van der Waals surface area contributed by atoms with Crippen LogP contribution in [-0.2, 0) is 20.0 Å². The first-order chi connectivity index (χ1) is 12.5. The summed E-state index contributed by atoms with van der Waals surface area (Å²) in [4.78, 5) is 29.8. The predicted molar refractivity (Wildman–Crippen MR) is 95.0 cm³/mol. The zero-order valence-corrected chi connectivity index (χ0v) is 14.6. The molecule has 3 heterocycles. The van der Waals surface area contributed by atoms with Crippen LogP contribution in [0.5, 0.6) is 0 Å². The van der Waals surface area contributed by atoms with Crippen LogP contribution in [0.1, 0.15) is 44.1 Å². The van der Waals surface area contributed by atoms with Crippen LogP contribution in [0.2, 0.25) is 0 Å². The molecule has 2 bridgehead atoms. The van der Waals surface area contributed by atoms with Crippen LogP contribution in [0.15, 0.2) is 24.3 Å². The SMILES string of the molecule is N[C@H](C=O)C[C@]1(ON2[C@@H]3CCC[C@H]2CC(=O)C3)c2ccccc2N[C@@H]1O. The maximum Gasteiger partial charge on any atom is 0.163 e. The second kappa shape index (κ2) is 6.74. The highest BCUT2D eigenvalue weighted by Crippen LogP contribution is 2.47. The molecule has 0 radical (unpaired) electrons. The standard InChI is InChI=1S/C19H25N3O4/c20-12(11-23)10-19(16-6-1-2-7-17(16)21-18(19)25)26-22-13-4-3-5-14(22)9-15(24)8-13/h1-2,6-7,11-14,18,21,25H,3-5,8-10,20H2/t12-,13-,14+,18+,19-/m0/s1. The average Bonchev–Trinajstić information content (AvgIpc) is 2.88. The molecule has 2 saturated heterocycles. The van der Waals surface area contributed by atoms with E-state index in [2.05, 4.69) is 5.32 Å². The van der Waals surface area contributed by atoms with E-state index in [-0.39, 0.29) is 24.3 Å². The summed E-state index contributed by atoms with van der Waals surface area (Å²) in [5, 5.41) is 15.8. The van der Waals surface area contributed by atoms with Crippen molar-refractivity contribution in [3.05, 3.63) is 29.8 Å². The lowest BCUT2D eigenvalue weighted by Crippen LogP contribution is -2.58. The number of aliphatic hydroxyl groups is 1. The number of benzene rings is 1. The van der Waals surface area contributed by atoms with Gasteiger partial charge in [0.2, 0.25) is 0 Å². The van der Waals surface area contributed by atoms with Gasteiger partial charge in [-0.3, -0.25) is 9.63 Å². The van der Waals surface area contributed by atoms with E-state index in [9.17, 15) is 14.7 Å². The van der Waals surface area contributed by atoms with Crippen molar-refractivity contribution in [1.29, 1.82) is 0 Å². The first-order valence-electron chi connectivity index (χ1n) is 9.27. The third-order valence-electron chi connectivity index (χ3n) is 5.82. The number of nitrogens with zero attached hydrogens (tertiary/aromatic N) is 1. The van der Waals surface area contributed by atoms with Crippen LogP contribution in [-0.4, -0.2) is 46.6 Å². The second-order valence-corrected chi connectivity index (χ2v) is 7.62. The number of carbonyl (C=O) groups is 2. The summed E-state index contributed by atoms with van der Waals surface area (Å²) in [6.07, 6.45) is 3.61. The molecule has 0 amide bonds. The fourth-order valence-corrected chi connectivity index (χ4v) is 4.62. The molecule has 0 spiro atoms. The second-order valence-electron chi connectivity index (χ2n) is 7.62. The van der Waals surface area contributed by atoms with Crippen LogP contribution in [0, 0.1) is 0 Å². The summed E-state index contributed by atoms with van der Waals surface area (Å²) in [5.74, 6) is 0.267. The van der Waals surface area contributed by atoms with Crippen molar-refractivity contribution in [2.45, 2.75) is 68.5 Å². The number of para-hydroxylation sites is 1. The van der Waals surface area contributed by atoms with Gasteiger partial charge in [0.1, 0.15) is 12.1 Å². The summed E-state index contributed by atoms with van der Waals surface area (Å²) in [6, 6.07) is 6.78. The van der Waals surface area contributed by atoms with Gasteiger partial charge in [-0.2, -0.15) is 5.06 Å². The van der Waals surface area contributed by atoms with Gasteiger partial charge in [0.25, 0.3) is 0 Å². The number of hydrogen-bond acceptors (Lipinski definition) is 7. The van der Waals surface area contributed by atoms with Crippen molar-refractivity contribution in [2.24, 2.45) is 5.73 Å². The molecule has 0 saturated carbocycles. The number of nitrogens with two attached hydrogens (primary N) is 1. The number of hydrogen-bond donors (Lipinski definition) is 3. The van der Waals surface area contributed by atoms with Gasteiger partial charge in [0.15, 0.2) is 11.8 Å². The van der Waals surface area contributed by atoms with E-state index in [4.69, 9.17) is 10.6 Å². The Bertz CT molecular complexity index is 696. The molecule has 3 aliphatic rings. The number of piperidine rings is 2. The maximum absolute atomic E-state index is 12.0. The number of Topliss-reactive ketones (excluding diaryl/α,β-unsaturated/α-hetero) is 1. The molecular formula is C19H25N3O4. The first kappa shape index (κ1) is 17.6. The van der Waals surface area contributed by atoms with Gasteiger partial charge in [-0.05, 0) is 18.9 Å². The summed E-state index contributed by atoms with van der Waals surface area (Å²) >= 11 is 0. The molecule has 1 aromatic carbocycles. The normalized spacial score (nSPS) is 34.8. The molecule has 26 heavy (non-hydrogen) atoms. The average molecular weight is 359 g/mol. The lowest BCUT2D eigenvalue weighted by molar-refractivity contribution is -0.322. The fourth-order valence-electron chi connectivity index (χ4n) is 4.62. The Kier molecular flexibility index (Phi) is 4.56. The third-order valence-corrected chi connectivity index (χ3v) is 5.82. The van der Waals surface area contributed by atoms with Crippen molar-refractivity contribution >= 4 is 17.8 Å². The number of nitrogens with one attached hydrogen (secondary N) is 1. The number of rotatable bonds is 5. The highest BCUT2D eigenvalue weighted by Gasteiger charge is 2.53. The molecule has 4 N–H and O–H groups in total. The minimum atomic E-state index is -1.15. The van der Waals surface area contributed by atoms with Gasteiger partial charge < -0.3 is 21.0 Å². The topological polar surface area (TPSA) is 105 Å². The minimum absolute atomic E-state index is 0.0132. The monoisotopic (exact) mass is 359 g/mol. The third kappa shape index (κ3) is 2.85. The molecule has 0 aromatic heterocycles. The number of aldehydes is 1. The van der Waals surface area contributed by atoms with E-state index >= 15 is 0 Å². The van der Waals surface area contributed by atoms with E-state index in [0.717, 1.165) is 30.5 Å². The Morgan fingerprint density at radius 1 is 1.35 bits per heavy atom. The number of aliphatic hydroxyl groups excluding tert-OH is 1.